The average Bonchev–Trinajstić information content (AvgIpc) is 3.01. The van der Waals surface area contributed by atoms with Gasteiger partial charge in [-0.25, -0.2) is 4.68 Å². The normalized spacial score (nSPS) is 10.5. The van der Waals surface area contributed by atoms with Gasteiger partial charge in [0.2, 0.25) is 0 Å². The van der Waals surface area contributed by atoms with E-state index in [9.17, 15) is 4.79 Å². The van der Waals surface area contributed by atoms with Gasteiger partial charge in [0.05, 0.1) is 23.1 Å². The van der Waals surface area contributed by atoms with Crippen molar-refractivity contribution in [2.45, 2.75) is 6.92 Å². The molecule has 0 saturated heterocycles. The highest BCUT2D eigenvalue weighted by molar-refractivity contribution is 9.10. The summed E-state index contributed by atoms with van der Waals surface area (Å²) >= 11 is 3.45. The van der Waals surface area contributed by atoms with E-state index >= 15 is 0 Å². The SMILES string of the molecule is Cc1ccc(NC(=O)c2cnn(-c3ccccc3)c2)c(Br)c1. The third-order valence-electron chi connectivity index (χ3n) is 3.24. The predicted octanol–water partition coefficient (Wildman–Crippen LogP) is 4.20. The lowest BCUT2D eigenvalue weighted by atomic mass is 10.2. The van der Waals surface area contributed by atoms with Gasteiger partial charge in [0, 0.05) is 10.7 Å². The lowest BCUT2D eigenvalue weighted by Crippen LogP contribution is -2.11. The van der Waals surface area contributed by atoms with Gasteiger partial charge < -0.3 is 5.32 Å². The second kappa shape index (κ2) is 6.15. The monoisotopic (exact) mass is 355 g/mol. The molecule has 0 aliphatic heterocycles. The van der Waals surface area contributed by atoms with Gasteiger partial charge in [0.1, 0.15) is 0 Å². The lowest BCUT2D eigenvalue weighted by Gasteiger charge is -2.06. The summed E-state index contributed by atoms with van der Waals surface area (Å²) < 4.78 is 2.54. The van der Waals surface area contributed by atoms with Gasteiger partial charge in [-0.2, -0.15) is 5.10 Å². The number of para-hydroxylation sites is 1. The zero-order valence-electron chi connectivity index (χ0n) is 12.0. The molecule has 0 spiro atoms. The number of nitrogens with zero attached hydrogens (tertiary/aromatic N) is 2. The Balaban J connectivity index is 1.80. The van der Waals surface area contributed by atoms with Crippen LogP contribution in [0.3, 0.4) is 0 Å². The van der Waals surface area contributed by atoms with Crippen LogP contribution < -0.4 is 5.32 Å². The van der Waals surface area contributed by atoms with E-state index in [1.54, 1.807) is 17.1 Å². The van der Waals surface area contributed by atoms with Crippen molar-refractivity contribution in [1.29, 1.82) is 0 Å². The third-order valence-corrected chi connectivity index (χ3v) is 3.89. The maximum Gasteiger partial charge on any atom is 0.258 e. The molecule has 5 heteroatoms. The summed E-state index contributed by atoms with van der Waals surface area (Å²) in [5.41, 5.74) is 3.29. The van der Waals surface area contributed by atoms with Gasteiger partial charge in [-0.1, -0.05) is 24.3 Å². The number of carbonyl (C=O) groups excluding carboxylic acids is 1. The van der Waals surface area contributed by atoms with Gasteiger partial charge in [0.25, 0.3) is 5.91 Å². The number of aromatic nitrogens is 2. The molecule has 0 radical (unpaired) electrons. The van der Waals surface area contributed by atoms with E-state index in [-0.39, 0.29) is 5.91 Å². The van der Waals surface area contributed by atoms with Crippen LogP contribution in [0.4, 0.5) is 5.69 Å². The molecular weight excluding hydrogens is 342 g/mol. The molecular formula is C17H14BrN3O. The Kier molecular flexibility index (Phi) is 4.06. The molecule has 2 aromatic carbocycles. The fourth-order valence-electron chi connectivity index (χ4n) is 2.08. The van der Waals surface area contributed by atoms with E-state index in [2.05, 4.69) is 26.3 Å². The summed E-state index contributed by atoms with van der Waals surface area (Å²) in [6.07, 6.45) is 3.27. The molecule has 1 aromatic heterocycles. The van der Waals surface area contributed by atoms with Crippen LogP contribution >= 0.6 is 15.9 Å². The first-order valence-corrected chi connectivity index (χ1v) is 7.60. The van der Waals surface area contributed by atoms with E-state index in [4.69, 9.17) is 0 Å². The van der Waals surface area contributed by atoms with Crippen molar-refractivity contribution < 1.29 is 4.79 Å². The van der Waals surface area contributed by atoms with Crippen LogP contribution in [-0.4, -0.2) is 15.7 Å². The first-order valence-electron chi connectivity index (χ1n) is 6.81. The predicted molar refractivity (Wildman–Crippen MR) is 90.4 cm³/mol. The number of benzene rings is 2. The zero-order valence-corrected chi connectivity index (χ0v) is 13.5. The van der Waals surface area contributed by atoms with Crippen molar-refractivity contribution in [3.63, 3.8) is 0 Å². The Labute approximate surface area is 136 Å². The van der Waals surface area contributed by atoms with Gasteiger partial charge in [-0.15, -0.1) is 0 Å². The van der Waals surface area contributed by atoms with E-state index in [0.29, 0.717) is 5.56 Å². The Morgan fingerprint density at radius 3 is 2.68 bits per heavy atom. The summed E-state index contributed by atoms with van der Waals surface area (Å²) in [6, 6.07) is 15.5. The number of aryl methyl sites for hydroxylation is 1. The number of hydrogen-bond donors (Lipinski definition) is 1. The molecule has 0 unspecified atom stereocenters. The highest BCUT2D eigenvalue weighted by Gasteiger charge is 2.11. The molecule has 0 atom stereocenters. The number of carbonyl (C=O) groups is 1. The van der Waals surface area contributed by atoms with E-state index in [1.165, 1.54) is 0 Å². The molecule has 110 valence electrons. The molecule has 22 heavy (non-hydrogen) atoms. The molecule has 1 N–H and O–H groups in total. The maximum absolute atomic E-state index is 12.3. The minimum atomic E-state index is -0.188. The van der Waals surface area contributed by atoms with Gasteiger partial charge >= 0.3 is 0 Å². The van der Waals surface area contributed by atoms with Crippen molar-refractivity contribution >= 4 is 27.5 Å². The van der Waals surface area contributed by atoms with Gasteiger partial charge in [-0.05, 0) is 52.7 Å². The summed E-state index contributed by atoms with van der Waals surface area (Å²) in [7, 11) is 0. The molecule has 1 heterocycles. The van der Waals surface area contributed by atoms with Crippen LogP contribution in [0, 0.1) is 6.92 Å². The Morgan fingerprint density at radius 1 is 1.18 bits per heavy atom. The molecule has 4 nitrogen and oxygen atoms in total. The Hall–Kier alpha value is -2.40. The lowest BCUT2D eigenvalue weighted by molar-refractivity contribution is 0.102. The largest absolute Gasteiger partial charge is 0.321 e. The van der Waals surface area contributed by atoms with E-state index in [1.807, 2.05) is 55.5 Å². The zero-order chi connectivity index (χ0) is 15.5. The molecule has 0 bridgehead atoms. The van der Waals surface area contributed by atoms with Crippen molar-refractivity contribution in [2.75, 3.05) is 5.32 Å². The van der Waals surface area contributed by atoms with Crippen LogP contribution in [0.25, 0.3) is 5.69 Å². The molecule has 1 amide bonds. The molecule has 0 saturated carbocycles. The fraction of sp³-hybridized carbons (Fsp3) is 0.0588. The number of nitrogens with one attached hydrogen (secondary N) is 1. The Bertz CT molecular complexity index is 812. The number of rotatable bonds is 3. The van der Waals surface area contributed by atoms with E-state index < -0.39 is 0 Å². The van der Waals surface area contributed by atoms with Gasteiger partial charge in [-0.3, -0.25) is 4.79 Å². The number of anilines is 1. The minimum Gasteiger partial charge on any atom is -0.321 e. The van der Waals surface area contributed by atoms with Crippen LogP contribution in [-0.2, 0) is 0 Å². The second-order valence-corrected chi connectivity index (χ2v) is 5.80. The minimum absolute atomic E-state index is 0.188. The quantitative estimate of drug-likeness (QED) is 0.765. The molecule has 3 rings (SSSR count). The van der Waals surface area contributed by atoms with Crippen molar-refractivity contribution in [3.05, 3.63) is 76.5 Å². The van der Waals surface area contributed by atoms with E-state index in [0.717, 1.165) is 21.4 Å². The topological polar surface area (TPSA) is 46.9 Å². The number of hydrogen-bond acceptors (Lipinski definition) is 2. The third kappa shape index (κ3) is 3.09. The van der Waals surface area contributed by atoms with Crippen LogP contribution in [0.1, 0.15) is 15.9 Å². The highest BCUT2D eigenvalue weighted by Crippen LogP contribution is 2.24. The van der Waals surface area contributed by atoms with Gasteiger partial charge in [0.15, 0.2) is 0 Å². The van der Waals surface area contributed by atoms with Crippen LogP contribution in [0.2, 0.25) is 0 Å². The number of halogens is 1. The Morgan fingerprint density at radius 2 is 1.95 bits per heavy atom. The molecule has 0 aliphatic rings. The summed E-state index contributed by atoms with van der Waals surface area (Å²) in [5.74, 6) is -0.188. The summed E-state index contributed by atoms with van der Waals surface area (Å²) in [4.78, 5) is 12.3. The first-order chi connectivity index (χ1) is 10.6. The van der Waals surface area contributed by atoms with Crippen molar-refractivity contribution in [2.24, 2.45) is 0 Å². The standard InChI is InChI=1S/C17H14BrN3O/c1-12-7-8-16(15(18)9-12)20-17(22)13-10-19-21(11-13)14-5-3-2-4-6-14/h2-11H,1H3,(H,20,22). The smallest absolute Gasteiger partial charge is 0.258 e. The highest BCUT2D eigenvalue weighted by atomic mass is 79.9. The average molecular weight is 356 g/mol. The van der Waals surface area contributed by atoms with Crippen LogP contribution in [0.5, 0.6) is 0 Å². The van der Waals surface area contributed by atoms with Crippen molar-refractivity contribution in [1.82, 2.24) is 9.78 Å². The number of amides is 1. The molecule has 0 fully saturated rings. The second-order valence-electron chi connectivity index (χ2n) is 4.95. The summed E-state index contributed by atoms with van der Waals surface area (Å²) in [5, 5.41) is 7.11. The molecule has 3 aromatic rings. The van der Waals surface area contributed by atoms with Crippen LogP contribution in [0.15, 0.2) is 65.4 Å². The summed E-state index contributed by atoms with van der Waals surface area (Å²) in [6.45, 7) is 2.00. The first kappa shape index (κ1) is 14.5. The maximum atomic E-state index is 12.3. The fourth-order valence-corrected chi connectivity index (χ4v) is 2.67. The molecule has 0 aliphatic carbocycles. The van der Waals surface area contributed by atoms with Crippen molar-refractivity contribution in [3.8, 4) is 5.69 Å².